The van der Waals surface area contributed by atoms with Gasteiger partial charge in [0.05, 0.1) is 23.3 Å². The molecule has 0 radical (unpaired) electrons. The Labute approximate surface area is 407 Å². The first-order chi connectivity index (χ1) is 33.0. The number of hydrogen-bond acceptors (Lipinski definition) is 6. The van der Waals surface area contributed by atoms with E-state index >= 15 is 0 Å². The van der Waals surface area contributed by atoms with Crippen LogP contribution in [0.25, 0.3) is 101 Å². The molecule has 0 saturated carbocycles. The number of aromatic nitrogens is 8. The Morgan fingerprint density at radius 2 is 0.559 bits per heavy atom. The third-order valence-corrected chi connectivity index (χ3v) is 11.4. The van der Waals surface area contributed by atoms with Crippen LogP contribution in [-0.4, -0.2) is 29.9 Å². The Bertz CT molecular complexity index is 3570. The molecular formula is C59H44N8Zn. The zero-order valence-electron chi connectivity index (χ0n) is 38.0. The molecule has 8 aromatic carbocycles. The van der Waals surface area contributed by atoms with E-state index in [1.54, 1.807) is 0 Å². The van der Waals surface area contributed by atoms with Gasteiger partial charge in [-0.3, -0.25) is 0 Å². The fraction of sp³-hybridized carbons (Fsp3) is 0.0508. The van der Waals surface area contributed by atoms with Gasteiger partial charge in [-0.05, 0) is 48.1 Å². The summed E-state index contributed by atoms with van der Waals surface area (Å²) in [4.78, 5) is 40.1. The van der Waals surface area contributed by atoms with E-state index in [1.165, 1.54) is 16.7 Å². The Balaban J connectivity index is 0.000000216. The molecule has 0 fully saturated rings. The first-order valence-electron chi connectivity index (χ1n) is 22.2. The van der Waals surface area contributed by atoms with Gasteiger partial charge in [-0.1, -0.05) is 229 Å². The maximum atomic E-state index is 5.14. The van der Waals surface area contributed by atoms with Crippen LogP contribution in [0.3, 0.4) is 0 Å². The number of hydrogen-bond donors (Lipinski definition) is 0. The monoisotopic (exact) mass is 928 g/mol. The fourth-order valence-corrected chi connectivity index (χ4v) is 8.02. The van der Waals surface area contributed by atoms with E-state index in [0.717, 1.165) is 54.9 Å². The van der Waals surface area contributed by atoms with Crippen LogP contribution in [-0.2, 0) is 19.5 Å². The molecule has 322 valence electrons. The Hall–Kier alpha value is -8.26. The van der Waals surface area contributed by atoms with Gasteiger partial charge >= 0.3 is 19.5 Å². The van der Waals surface area contributed by atoms with Gasteiger partial charge in [0.15, 0.2) is 0 Å². The van der Waals surface area contributed by atoms with Gasteiger partial charge in [-0.2, -0.15) is 0 Å². The van der Waals surface area contributed by atoms with Crippen LogP contribution in [0.4, 0.5) is 0 Å². The van der Waals surface area contributed by atoms with Crippen LogP contribution in [0.5, 0.6) is 0 Å². The molecule has 0 spiro atoms. The Kier molecular flexibility index (Phi) is 13.5. The van der Waals surface area contributed by atoms with E-state index in [2.05, 4.69) is 75.4 Å². The van der Waals surface area contributed by atoms with E-state index in [9.17, 15) is 0 Å². The molecule has 13 rings (SSSR count). The average molecular weight is 930 g/mol. The Morgan fingerprint density at radius 3 is 0.941 bits per heavy atom. The molecule has 8 nitrogen and oxygen atoms in total. The van der Waals surface area contributed by atoms with Crippen LogP contribution in [0.2, 0.25) is 0 Å². The van der Waals surface area contributed by atoms with Crippen molar-refractivity contribution in [3.05, 3.63) is 229 Å². The van der Waals surface area contributed by atoms with Crippen LogP contribution in [0.15, 0.2) is 212 Å². The SMILES string of the molecule is Cc1ccccc1.Cc1ccccc1.Cc1ccccc1.[Zn+2].c1ccc(-c2cccc3c4nc5nc(nc6[n-]c(nc7nc(nc([n-]4)c23)-c2ccccc2-7)c2ccccc62)-c2ccccc2-5)cc1. The molecule has 0 unspecified atom stereocenters. The standard InChI is InChI=1S/C38H20N8.3C7H8.Zn/c1-2-11-21(12-3-1)22-19-10-20-29-30(22)38-45-36-28-18-9-8-17-27(28)34(43-36)41-32-24-14-5-4-13-23(24)31(39-32)40-33-25-15-6-7-16-26(25)35(42-33)44-37(29)46-38;3*1-7-5-3-2-4-6-7;/h1-20H;3*2-6H,1H3;/q-2;;;;+2. The van der Waals surface area contributed by atoms with Gasteiger partial charge in [-0.15, -0.1) is 0 Å². The number of benzene rings is 8. The number of nitrogens with zero attached hydrogens (tertiary/aromatic N) is 8. The molecule has 2 aliphatic heterocycles. The van der Waals surface area contributed by atoms with E-state index in [4.69, 9.17) is 39.9 Å². The van der Waals surface area contributed by atoms with E-state index in [-0.39, 0.29) is 19.5 Å². The van der Waals surface area contributed by atoms with Gasteiger partial charge in [0.1, 0.15) is 0 Å². The smallest absolute Gasteiger partial charge is 0.357 e. The van der Waals surface area contributed by atoms with Gasteiger partial charge in [0, 0.05) is 50.2 Å². The van der Waals surface area contributed by atoms with Crippen molar-refractivity contribution in [1.29, 1.82) is 0 Å². The van der Waals surface area contributed by atoms with Gasteiger partial charge < -0.3 is 29.9 Å². The van der Waals surface area contributed by atoms with Crippen molar-refractivity contribution in [2.75, 3.05) is 0 Å². The van der Waals surface area contributed by atoms with Crippen molar-refractivity contribution in [3.63, 3.8) is 0 Å². The quantitative estimate of drug-likeness (QED) is 0.150. The predicted molar refractivity (Wildman–Crippen MR) is 273 cm³/mol. The molecule has 5 heterocycles. The minimum atomic E-state index is 0. The topological polar surface area (TPSA) is 106 Å². The van der Waals surface area contributed by atoms with E-state index < -0.39 is 0 Å². The summed E-state index contributed by atoms with van der Waals surface area (Å²) in [5, 5.41) is 3.55. The summed E-state index contributed by atoms with van der Waals surface area (Å²) < 4.78 is 0. The van der Waals surface area contributed by atoms with Crippen molar-refractivity contribution < 1.29 is 19.5 Å². The summed E-state index contributed by atoms with van der Waals surface area (Å²) in [7, 11) is 0. The number of aryl methyl sites for hydroxylation is 3. The van der Waals surface area contributed by atoms with Crippen molar-refractivity contribution >= 4 is 44.1 Å². The van der Waals surface area contributed by atoms with Gasteiger partial charge in [0.2, 0.25) is 0 Å². The normalized spacial score (nSPS) is 10.8. The van der Waals surface area contributed by atoms with Crippen LogP contribution < -0.4 is 9.97 Å². The molecular weight excluding hydrogens is 886 g/mol. The fourth-order valence-electron chi connectivity index (χ4n) is 8.02. The van der Waals surface area contributed by atoms with Gasteiger partial charge in [0.25, 0.3) is 0 Å². The minimum Gasteiger partial charge on any atom is -0.357 e. The average Bonchev–Trinajstić information content (AvgIpc) is 4.12. The number of rotatable bonds is 1. The van der Waals surface area contributed by atoms with E-state index in [1.807, 2.05) is 158 Å². The maximum absolute atomic E-state index is 5.14. The first-order valence-corrected chi connectivity index (χ1v) is 22.2. The van der Waals surface area contributed by atoms with Crippen molar-refractivity contribution in [1.82, 2.24) is 39.9 Å². The Morgan fingerprint density at radius 1 is 0.265 bits per heavy atom. The second-order valence-corrected chi connectivity index (χ2v) is 16.2. The molecule has 9 heteroatoms. The van der Waals surface area contributed by atoms with Crippen molar-refractivity contribution in [2.45, 2.75) is 20.8 Å². The second kappa shape index (κ2) is 20.5. The third kappa shape index (κ3) is 9.66. The van der Waals surface area contributed by atoms with Crippen molar-refractivity contribution in [3.8, 4) is 56.7 Å². The molecule has 2 aliphatic rings. The first kappa shape index (κ1) is 44.9. The molecule has 0 atom stereocenters. The van der Waals surface area contributed by atoms with E-state index in [0.29, 0.717) is 45.9 Å². The summed E-state index contributed by atoms with van der Waals surface area (Å²) in [6, 6.07) is 71.2. The van der Waals surface area contributed by atoms with Crippen LogP contribution in [0, 0.1) is 20.8 Å². The van der Waals surface area contributed by atoms with Crippen molar-refractivity contribution in [2.24, 2.45) is 0 Å². The molecule has 11 aromatic rings. The summed E-state index contributed by atoms with van der Waals surface area (Å²) in [6.45, 7) is 6.25. The second-order valence-electron chi connectivity index (χ2n) is 16.2. The zero-order valence-corrected chi connectivity index (χ0v) is 41.0. The van der Waals surface area contributed by atoms with Crippen LogP contribution in [0.1, 0.15) is 16.7 Å². The van der Waals surface area contributed by atoms with Crippen LogP contribution >= 0.6 is 0 Å². The predicted octanol–water partition coefficient (Wildman–Crippen LogP) is 13.8. The van der Waals surface area contributed by atoms with Gasteiger partial charge in [-0.25, -0.2) is 9.97 Å². The summed E-state index contributed by atoms with van der Waals surface area (Å²) in [6.07, 6.45) is 0. The molecule has 0 aliphatic carbocycles. The summed E-state index contributed by atoms with van der Waals surface area (Å²) in [5.41, 5.74) is 11.7. The largest absolute Gasteiger partial charge is 2.00 e. The molecule has 0 N–H and O–H groups in total. The minimum absolute atomic E-state index is 0. The molecule has 0 saturated heterocycles. The molecule has 0 amide bonds. The third-order valence-electron chi connectivity index (χ3n) is 11.4. The summed E-state index contributed by atoms with van der Waals surface area (Å²) in [5.74, 6) is 2.16. The maximum Gasteiger partial charge on any atom is 2.00 e. The molecule has 8 bridgehead atoms. The molecule has 68 heavy (non-hydrogen) atoms. The summed E-state index contributed by atoms with van der Waals surface area (Å²) >= 11 is 0. The zero-order chi connectivity index (χ0) is 45.5. The number of fused-ring (bicyclic) bond motifs is 20. The molecule has 3 aromatic heterocycles.